The van der Waals surface area contributed by atoms with E-state index in [9.17, 15) is 4.79 Å². The summed E-state index contributed by atoms with van der Waals surface area (Å²) in [7, 11) is 3.53. The molecule has 1 aromatic heterocycles. The van der Waals surface area contributed by atoms with Crippen LogP contribution in [0.1, 0.15) is 10.4 Å². The van der Waals surface area contributed by atoms with Crippen molar-refractivity contribution in [1.29, 1.82) is 0 Å². The van der Waals surface area contributed by atoms with Crippen LogP contribution in [0, 0.1) is 0 Å². The number of carbonyl (C=O) groups is 1. The molecule has 0 bridgehead atoms. The van der Waals surface area contributed by atoms with E-state index < -0.39 is 0 Å². The van der Waals surface area contributed by atoms with Crippen LogP contribution in [-0.4, -0.2) is 67.5 Å². The quantitative estimate of drug-likeness (QED) is 0.747. The van der Waals surface area contributed by atoms with E-state index in [1.54, 1.807) is 12.0 Å². The summed E-state index contributed by atoms with van der Waals surface area (Å²) in [5.74, 6) is 0.990. The highest BCUT2D eigenvalue weighted by molar-refractivity contribution is 7.09. The van der Waals surface area contributed by atoms with Gasteiger partial charge in [-0.3, -0.25) is 14.6 Å². The maximum atomic E-state index is 12.5. The first kappa shape index (κ1) is 18.9. The number of hydrogen-bond acceptors (Lipinski definition) is 5. The van der Waals surface area contributed by atoms with Crippen molar-refractivity contribution in [2.45, 2.75) is 13.1 Å². The van der Waals surface area contributed by atoms with Crippen molar-refractivity contribution in [2.24, 2.45) is 0 Å². The maximum Gasteiger partial charge on any atom is 0.236 e. The van der Waals surface area contributed by atoms with Gasteiger partial charge in [-0.2, -0.15) is 0 Å². The van der Waals surface area contributed by atoms with Crippen LogP contribution in [0.4, 0.5) is 0 Å². The topological polar surface area (TPSA) is 36.0 Å². The lowest BCUT2D eigenvalue weighted by molar-refractivity contribution is -0.132. The van der Waals surface area contributed by atoms with Gasteiger partial charge in [0.05, 0.1) is 13.7 Å². The summed E-state index contributed by atoms with van der Waals surface area (Å²) in [6, 6.07) is 12.2. The largest absolute Gasteiger partial charge is 0.497 e. The van der Waals surface area contributed by atoms with Crippen molar-refractivity contribution < 1.29 is 9.53 Å². The number of benzene rings is 1. The second-order valence-electron chi connectivity index (χ2n) is 6.73. The Bertz CT molecular complexity index is 697. The third kappa shape index (κ3) is 5.30. The molecule has 26 heavy (non-hydrogen) atoms. The van der Waals surface area contributed by atoms with Crippen molar-refractivity contribution in [3.63, 3.8) is 0 Å². The first-order chi connectivity index (χ1) is 12.6. The Kier molecular flexibility index (Phi) is 6.66. The minimum absolute atomic E-state index is 0.166. The number of ether oxygens (including phenoxy) is 1. The maximum absolute atomic E-state index is 12.5. The van der Waals surface area contributed by atoms with E-state index in [4.69, 9.17) is 4.74 Å². The highest BCUT2D eigenvalue weighted by atomic mass is 32.1. The van der Waals surface area contributed by atoms with Crippen LogP contribution >= 0.6 is 11.3 Å². The average Bonchev–Trinajstić information content (AvgIpc) is 3.16. The second kappa shape index (κ2) is 9.16. The molecule has 0 radical (unpaired) electrons. The summed E-state index contributed by atoms with van der Waals surface area (Å²) in [5.41, 5.74) is 1.08. The molecule has 1 aromatic carbocycles. The minimum Gasteiger partial charge on any atom is -0.497 e. The Labute approximate surface area is 159 Å². The smallest absolute Gasteiger partial charge is 0.236 e. The number of hydrogen-bond donors (Lipinski definition) is 0. The van der Waals surface area contributed by atoms with Gasteiger partial charge in [0, 0.05) is 51.2 Å². The first-order valence-corrected chi connectivity index (χ1v) is 9.86. The summed E-state index contributed by atoms with van der Waals surface area (Å²) >= 11 is 1.81. The molecule has 0 N–H and O–H groups in total. The lowest BCUT2D eigenvalue weighted by Gasteiger charge is -2.34. The van der Waals surface area contributed by atoms with E-state index >= 15 is 0 Å². The van der Waals surface area contributed by atoms with Crippen molar-refractivity contribution in [2.75, 3.05) is 46.9 Å². The van der Waals surface area contributed by atoms with Gasteiger partial charge < -0.3 is 9.64 Å². The Morgan fingerprint density at radius 3 is 2.62 bits per heavy atom. The minimum atomic E-state index is 0.166. The fraction of sp³-hybridized carbons (Fsp3) is 0.450. The third-order valence-corrected chi connectivity index (χ3v) is 5.62. The fourth-order valence-electron chi connectivity index (χ4n) is 3.17. The fourth-order valence-corrected chi connectivity index (χ4v) is 3.92. The summed E-state index contributed by atoms with van der Waals surface area (Å²) in [5, 5.41) is 2.13. The van der Waals surface area contributed by atoms with Crippen LogP contribution < -0.4 is 4.74 Å². The van der Waals surface area contributed by atoms with E-state index in [1.165, 1.54) is 4.88 Å². The van der Waals surface area contributed by atoms with Crippen LogP contribution in [0.3, 0.4) is 0 Å². The normalized spacial score (nSPS) is 15.8. The highest BCUT2D eigenvalue weighted by Gasteiger charge is 2.20. The molecule has 0 aliphatic carbocycles. The van der Waals surface area contributed by atoms with Crippen LogP contribution in [0.5, 0.6) is 5.75 Å². The van der Waals surface area contributed by atoms with E-state index in [0.29, 0.717) is 13.1 Å². The van der Waals surface area contributed by atoms with Gasteiger partial charge >= 0.3 is 0 Å². The van der Waals surface area contributed by atoms with Gasteiger partial charge in [-0.25, -0.2) is 0 Å². The molecule has 140 valence electrons. The summed E-state index contributed by atoms with van der Waals surface area (Å²) in [6.07, 6.45) is 0. The molecule has 5 nitrogen and oxygen atoms in total. The number of amides is 1. The highest BCUT2D eigenvalue weighted by Crippen LogP contribution is 2.15. The van der Waals surface area contributed by atoms with E-state index in [0.717, 1.165) is 44.0 Å². The van der Waals surface area contributed by atoms with E-state index in [1.807, 2.05) is 42.6 Å². The zero-order chi connectivity index (χ0) is 18.4. The molecule has 2 aromatic rings. The van der Waals surface area contributed by atoms with Gasteiger partial charge in [-0.1, -0.05) is 18.2 Å². The molecular formula is C20H27N3O2S. The summed E-state index contributed by atoms with van der Waals surface area (Å²) in [6.45, 7) is 6.06. The molecule has 0 saturated carbocycles. The van der Waals surface area contributed by atoms with Gasteiger partial charge in [-0.05, 0) is 29.1 Å². The van der Waals surface area contributed by atoms with Crippen molar-refractivity contribution in [3.8, 4) is 5.75 Å². The summed E-state index contributed by atoms with van der Waals surface area (Å²) in [4.78, 5) is 20.5. The van der Waals surface area contributed by atoms with Crippen molar-refractivity contribution >= 4 is 17.2 Å². The Morgan fingerprint density at radius 1 is 1.15 bits per heavy atom. The predicted octanol–water partition coefficient (Wildman–Crippen LogP) is 2.53. The molecule has 1 amide bonds. The number of likely N-dealkylation sites (N-methyl/N-ethyl adjacent to an activating group) is 1. The molecule has 0 spiro atoms. The van der Waals surface area contributed by atoms with E-state index in [-0.39, 0.29) is 5.91 Å². The Balaban J connectivity index is 1.43. The third-order valence-electron chi connectivity index (χ3n) is 4.76. The molecule has 2 heterocycles. The Hall–Kier alpha value is -1.89. The molecule has 1 aliphatic rings. The molecule has 1 aliphatic heterocycles. The van der Waals surface area contributed by atoms with Crippen molar-refractivity contribution in [3.05, 3.63) is 52.2 Å². The molecule has 6 heteroatoms. The van der Waals surface area contributed by atoms with Gasteiger partial charge in [0.25, 0.3) is 0 Å². The molecular weight excluding hydrogens is 346 g/mol. The second-order valence-corrected chi connectivity index (χ2v) is 7.77. The van der Waals surface area contributed by atoms with E-state index in [2.05, 4.69) is 27.3 Å². The van der Waals surface area contributed by atoms with Crippen LogP contribution in [0.15, 0.2) is 41.8 Å². The SMILES string of the molecule is COc1cccc(CN(C)C(=O)CN2CCN(Cc3cccs3)CC2)c1. The lowest BCUT2D eigenvalue weighted by Crippen LogP contribution is -2.49. The monoisotopic (exact) mass is 373 g/mol. The number of nitrogens with zero attached hydrogens (tertiary/aromatic N) is 3. The zero-order valence-corrected chi connectivity index (χ0v) is 16.4. The van der Waals surface area contributed by atoms with Gasteiger partial charge in [-0.15, -0.1) is 11.3 Å². The van der Waals surface area contributed by atoms with Crippen molar-refractivity contribution in [1.82, 2.24) is 14.7 Å². The lowest BCUT2D eigenvalue weighted by atomic mass is 10.2. The zero-order valence-electron chi connectivity index (χ0n) is 15.6. The van der Waals surface area contributed by atoms with Crippen LogP contribution in [-0.2, 0) is 17.9 Å². The van der Waals surface area contributed by atoms with Gasteiger partial charge in [0.2, 0.25) is 5.91 Å². The first-order valence-electron chi connectivity index (χ1n) is 8.98. The molecule has 3 rings (SSSR count). The van der Waals surface area contributed by atoms with Crippen LogP contribution in [0.25, 0.3) is 0 Å². The average molecular weight is 374 g/mol. The standard InChI is InChI=1S/C20H27N3O2S/c1-21(14-17-5-3-6-18(13-17)25-2)20(24)16-23-10-8-22(9-11-23)15-19-7-4-12-26-19/h3-7,12-13H,8-11,14-16H2,1-2H3. The molecule has 0 atom stereocenters. The molecule has 1 saturated heterocycles. The number of carbonyl (C=O) groups excluding carboxylic acids is 1. The summed E-state index contributed by atoms with van der Waals surface area (Å²) < 4.78 is 5.25. The number of methoxy groups -OCH3 is 1. The number of thiophene rings is 1. The van der Waals surface area contributed by atoms with Crippen LogP contribution in [0.2, 0.25) is 0 Å². The molecule has 0 unspecified atom stereocenters. The van der Waals surface area contributed by atoms with Gasteiger partial charge in [0.15, 0.2) is 0 Å². The number of piperazine rings is 1. The van der Waals surface area contributed by atoms with Gasteiger partial charge in [0.1, 0.15) is 5.75 Å². The molecule has 1 fully saturated rings. The number of rotatable bonds is 7. The Morgan fingerprint density at radius 2 is 1.92 bits per heavy atom. The predicted molar refractivity (Wildman–Crippen MR) is 106 cm³/mol.